The quantitative estimate of drug-likeness (QED) is 0.713. The van der Waals surface area contributed by atoms with Crippen molar-refractivity contribution in [3.8, 4) is 11.3 Å². The van der Waals surface area contributed by atoms with Crippen LogP contribution in [0, 0.1) is 6.92 Å². The van der Waals surface area contributed by atoms with Crippen LogP contribution in [0.2, 0.25) is 0 Å². The second kappa shape index (κ2) is 6.95. The van der Waals surface area contributed by atoms with Gasteiger partial charge in [-0.05, 0) is 12.5 Å². The average molecular weight is 358 g/mol. The van der Waals surface area contributed by atoms with E-state index in [-0.39, 0.29) is 17.9 Å². The van der Waals surface area contributed by atoms with E-state index in [0.717, 1.165) is 28.3 Å². The molecular weight excluding hydrogens is 334 g/mol. The summed E-state index contributed by atoms with van der Waals surface area (Å²) in [7, 11) is 0. The maximum atomic E-state index is 13.1. The first kappa shape index (κ1) is 17.4. The molecule has 4 heteroatoms. The van der Waals surface area contributed by atoms with Gasteiger partial charge in [0, 0.05) is 17.9 Å². The Bertz CT molecular complexity index is 979. The molecule has 1 N–H and O–H groups in total. The highest BCUT2D eigenvalue weighted by molar-refractivity contribution is 5.82. The van der Waals surface area contributed by atoms with Crippen molar-refractivity contribution in [3.63, 3.8) is 0 Å². The third-order valence-corrected chi connectivity index (χ3v) is 5.00. The first-order valence-electron chi connectivity index (χ1n) is 9.41. The number of aromatic nitrogens is 2. The molecule has 0 fully saturated rings. The average Bonchev–Trinajstić information content (AvgIpc) is 2.99. The molecule has 3 aromatic rings. The molecule has 0 saturated carbocycles. The minimum absolute atomic E-state index is 0.0760. The summed E-state index contributed by atoms with van der Waals surface area (Å²) < 4.78 is 1.75. The lowest BCUT2D eigenvalue weighted by molar-refractivity contribution is -0.552. The number of anilines is 1. The highest BCUT2D eigenvalue weighted by Crippen LogP contribution is 2.27. The van der Waals surface area contributed by atoms with Crippen LogP contribution in [0.4, 0.5) is 5.82 Å². The molecule has 1 aromatic heterocycles. The van der Waals surface area contributed by atoms with Gasteiger partial charge in [-0.2, -0.15) is 4.57 Å². The van der Waals surface area contributed by atoms with Gasteiger partial charge >= 0.3 is 11.7 Å². The Balaban J connectivity index is 1.71. The highest BCUT2D eigenvalue weighted by Gasteiger charge is 2.41. The van der Waals surface area contributed by atoms with Crippen LogP contribution in [-0.4, -0.2) is 16.9 Å². The van der Waals surface area contributed by atoms with E-state index < -0.39 is 0 Å². The molecule has 1 aliphatic rings. The van der Waals surface area contributed by atoms with Crippen molar-refractivity contribution in [2.24, 2.45) is 0 Å². The van der Waals surface area contributed by atoms with E-state index in [1.165, 1.54) is 5.56 Å². The molecular formula is C23H24N3O+. The van der Waals surface area contributed by atoms with E-state index in [9.17, 15) is 4.79 Å². The summed E-state index contributed by atoms with van der Waals surface area (Å²) in [5, 5.41) is 3.43. The summed E-state index contributed by atoms with van der Waals surface area (Å²) >= 11 is 0. The van der Waals surface area contributed by atoms with Crippen molar-refractivity contribution < 1.29 is 9.36 Å². The van der Waals surface area contributed by atoms with Gasteiger partial charge in [0.2, 0.25) is 0 Å². The molecule has 0 bridgehead atoms. The van der Waals surface area contributed by atoms with Gasteiger partial charge in [0.1, 0.15) is 17.6 Å². The van der Waals surface area contributed by atoms with Crippen LogP contribution in [0.5, 0.6) is 0 Å². The monoisotopic (exact) mass is 358 g/mol. The molecule has 0 radical (unpaired) electrons. The Labute approximate surface area is 159 Å². The van der Waals surface area contributed by atoms with E-state index >= 15 is 0 Å². The Morgan fingerprint density at radius 2 is 1.78 bits per heavy atom. The zero-order valence-electron chi connectivity index (χ0n) is 15.9. The number of nitrogens with one attached hydrogen (secondary N) is 1. The van der Waals surface area contributed by atoms with Gasteiger partial charge in [0.15, 0.2) is 6.04 Å². The van der Waals surface area contributed by atoms with Crippen molar-refractivity contribution in [1.29, 1.82) is 0 Å². The number of benzene rings is 2. The third-order valence-electron chi connectivity index (χ3n) is 5.00. The van der Waals surface area contributed by atoms with Crippen molar-refractivity contribution in [1.82, 2.24) is 4.98 Å². The van der Waals surface area contributed by atoms with Crippen molar-refractivity contribution >= 4 is 11.7 Å². The fraction of sp³-hybridized carbons (Fsp3) is 0.261. The van der Waals surface area contributed by atoms with E-state index in [1.54, 1.807) is 4.57 Å². The summed E-state index contributed by atoms with van der Waals surface area (Å²) in [6.07, 6.45) is 2.53. The fourth-order valence-electron chi connectivity index (χ4n) is 3.48. The predicted octanol–water partition coefficient (Wildman–Crippen LogP) is 4.14. The number of hydrogen-bond donors (Lipinski definition) is 1. The number of rotatable bonds is 4. The van der Waals surface area contributed by atoms with Gasteiger partial charge in [0.25, 0.3) is 0 Å². The molecule has 27 heavy (non-hydrogen) atoms. The van der Waals surface area contributed by atoms with Gasteiger partial charge in [-0.15, -0.1) is 0 Å². The summed E-state index contributed by atoms with van der Waals surface area (Å²) in [5.74, 6) is 1.12. The second-order valence-electron chi connectivity index (χ2n) is 7.48. The van der Waals surface area contributed by atoms with Crippen LogP contribution in [0.15, 0.2) is 60.8 Å². The zero-order chi connectivity index (χ0) is 19.0. The second-order valence-corrected chi connectivity index (χ2v) is 7.48. The minimum Gasteiger partial charge on any atom is -0.258 e. The number of aryl methyl sites for hydroxylation is 1. The molecule has 0 spiro atoms. The Morgan fingerprint density at radius 3 is 2.44 bits per heavy atom. The predicted molar refractivity (Wildman–Crippen MR) is 107 cm³/mol. The maximum Gasteiger partial charge on any atom is 0.359 e. The Morgan fingerprint density at radius 1 is 1.07 bits per heavy atom. The first-order chi connectivity index (χ1) is 13.0. The molecule has 4 rings (SSSR count). The molecule has 0 aliphatic carbocycles. The van der Waals surface area contributed by atoms with Crippen LogP contribution in [0.25, 0.3) is 11.3 Å². The first-order valence-corrected chi connectivity index (χ1v) is 9.41. The van der Waals surface area contributed by atoms with Gasteiger partial charge in [-0.1, -0.05) is 74.0 Å². The maximum absolute atomic E-state index is 13.1. The summed E-state index contributed by atoms with van der Waals surface area (Å²) in [4.78, 5) is 18.0. The Kier molecular flexibility index (Phi) is 4.48. The van der Waals surface area contributed by atoms with E-state index in [4.69, 9.17) is 4.98 Å². The summed E-state index contributed by atoms with van der Waals surface area (Å²) in [6, 6.07) is 18.1. The minimum atomic E-state index is -0.266. The van der Waals surface area contributed by atoms with Crippen LogP contribution >= 0.6 is 0 Å². The van der Waals surface area contributed by atoms with Gasteiger partial charge < -0.3 is 0 Å². The van der Waals surface area contributed by atoms with Crippen molar-refractivity contribution in [2.45, 2.75) is 39.2 Å². The van der Waals surface area contributed by atoms with Crippen LogP contribution < -0.4 is 9.88 Å². The molecule has 1 aliphatic heterocycles. The molecule has 2 heterocycles. The molecule has 0 saturated heterocycles. The SMILES string of the molecule is Cc1ccc(CC2Nc3c(C(C)C)nc(-c4ccccc4)c[n+]3C2=O)cc1. The van der Waals surface area contributed by atoms with Crippen molar-refractivity contribution in [3.05, 3.63) is 77.6 Å². The van der Waals surface area contributed by atoms with Crippen LogP contribution in [-0.2, 0) is 6.42 Å². The summed E-state index contributed by atoms with van der Waals surface area (Å²) in [6.45, 7) is 6.29. The molecule has 2 aromatic carbocycles. The number of hydrogen-bond acceptors (Lipinski definition) is 3. The smallest absolute Gasteiger partial charge is 0.258 e. The number of carbonyl (C=O) groups excluding carboxylic acids is 1. The lowest BCUT2D eigenvalue weighted by Gasteiger charge is -2.09. The zero-order valence-corrected chi connectivity index (χ0v) is 15.9. The lowest BCUT2D eigenvalue weighted by Crippen LogP contribution is -2.44. The van der Waals surface area contributed by atoms with Gasteiger partial charge in [0.05, 0.1) is 0 Å². The molecule has 4 nitrogen and oxygen atoms in total. The molecule has 1 unspecified atom stereocenters. The fourth-order valence-corrected chi connectivity index (χ4v) is 3.48. The Hall–Kier alpha value is -3.01. The number of carbonyl (C=O) groups is 1. The third kappa shape index (κ3) is 3.35. The van der Waals surface area contributed by atoms with Crippen LogP contribution in [0.3, 0.4) is 0 Å². The van der Waals surface area contributed by atoms with Gasteiger partial charge in [-0.25, -0.2) is 9.78 Å². The topological polar surface area (TPSA) is 45.9 Å². The number of nitrogens with zero attached hydrogens (tertiary/aromatic N) is 2. The van der Waals surface area contributed by atoms with E-state index in [1.807, 2.05) is 36.5 Å². The van der Waals surface area contributed by atoms with E-state index in [0.29, 0.717) is 6.42 Å². The molecule has 136 valence electrons. The molecule has 0 amide bonds. The lowest BCUT2D eigenvalue weighted by atomic mass is 10.0. The van der Waals surface area contributed by atoms with Gasteiger partial charge in [-0.3, -0.25) is 5.32 Å². The summed E-state index contributed by atoms with van der Waals surface area (Å²) in [5.41, 5.74) is 5.15. The normalized spacial score (nSPS) is 15.7. The highest BCUT2D eigenvalue weighted by atomic mass is 16.2. The van der Waals surface area contributed by atoms with Crippen LogP contribution in [0.1, 0.15) is 41.4 Å². The van der Waals surface area contributed by atoms with E-state index in [2.05, 4.69) is 50.4 Å². The largest absolute Gasteiger partial charge is 0.359 e. The number of fused-ring (bicyclic) bond motifs is 1. The standard InChI is InChI=1S/C23H23N3O/c1-15(2)21-22-25-19(13-17-11-9-16(3)10-12-17)23(27)26(22)14-20(24-21)18-7-5-4-6-8-18/h4-12,14-15,19H,13H2,1-3H3/p+1. The van der Waals surface area contributed by atoms with Crippen molar-refractivity contribution in [2.75, 3.05) is 5.32 Å². The molecule has 1 atom stereocenters.